The van der Waals surface area contributed by atoms with Gasteiger partial charge in [-0.3, -0.25) is 9.59 Å². The van der Waals surface area contributed by atoms with Gasteiger partial charge in [-0.2, -0.15) is 0 Å². The van der Waals surface area contributed by atoms with Crippen LogP contribution in [-0.2, 0) is 9.59 Å². The van der Waals surface area contributed by atoms with Gasteiger partial charge in [0.1, 0.15) is 0 Å². The summed E-state index contributed by atoms with van der Waals surface area (Å²) in [4.78, 5) is 34.6. The van der Waals surface area contributed by atoms with Crippen LogP contribution in [0.3, 0.4) is 0 Å². The van der Waals surface area contributed by atoms with E-state index in [1.54, 1.807) is 30.6 Å². The second-order valence-corrected chi connectivity index (χ2v) is 6.10. The van der Waals surface area contributed by atoms with E-state index < -0.39 is 11.8 Å². The molecular formula is C18H21N5O2. The number of hydrogen-bond acceptors (Lipinski definition) is 5. The lowest BCUT2D eigenvalue weighted by Crippen LogP contribution is -2.48. The monoisotopic (exact) mass is 339 g/mol. The van der Waals surface area contributed by atoms with Crippen LogP contribution >= 0.6 is 0 Å². The van der Waals surface area contributed by atoms with Gasteiger partial charge in [-0.25, -0.2) is 9.97 Å². The summed E-state index contributed by atoms with van der Waals surface area (Å²) in [6, 6.07) is 9.08. The van der Waals surface area contributed by atoms with E-state index in [9.17, 15) is 9.59 Å². The molecule has 0 spiro atoms. The summed E-state index contributed by atoms with van der Waals surface area (Å²) in [7, 11) is 0. The Morgan fingerprint density at radius 1 is 1.04 bits per heavy atom. The van der Waals surface area contributed by atoms with Crippen LogP contribution in [0.4, 0.5) is 11.6 Å². The van der Waals surface area contributed by atoms with Gasteiger partial charge in [-0.15, -0.1) is 0 Å². The molecule has 2 N–H and O–H groups in total. The quantitative estimate of drug-likeness (QED) is 0.828. The summed E-state index contributed by atoms with van der Waals surface area (Å²) < 4.78 is 0. The molecule has 0 atom stereocenters. The van der Waals surface area contributed by atoms with E-state index in [-0.39, 0.29) is 6.04 Å². The zero-order valence-electron chi connectivity index (χ0n) is 14.1. The van der Waals surface area contributed by atoms with E-state index in [0.717, 1.165) is 31.5 Å². The number of hydrogen-bond donors (Lipinski definition) is 2. The number of rotatable bonds is 3. The molecule has 0 unspecified atom stereocenters. The highest BCUT2D eigenvalue weighted by molar-refractivity contribution is 6.39. The molecule has 1 fully saturated rings. The molecule has 2 amide bonds. The van der Waals surface area contributed by atoms with Crippen LogP contribution in [0.5, 0.6) is 0 Å². The van der Waals surface area contributed by atoms with Crippen LogP contribution in [0.15, 0.2) is 42.7 Å². The topological polar surface area (TPSA) is 87.2 Å². The predicted octanol–water partition coefficient (Wildman–Crippen LogP) is 1.51. The van der Waals surface area contributed by atoms with Crippen molar-refractivity contribution < 1.29 is 9.59 Å². The van der Waals surface area contributed by atoms with Gasteiger partial charge >= 0.3 is 11.8 Å². The summed E-state index contributed by atoms with van der Waals surface area (Å²) in [5, 5.41) is 5.42. The van der Waals surface area contributed by atoms with Crippen LogP contribution in [0.25, 0.3) is 0 Å². The molecule has 3 rings (SSSR count). The van der Waals surface area contributed by atoms with Crippen LogP contribution in [0.2, 0.25) is 0 Å². The average Bonchev–Trinajstić information content (AvgIpc) is 2.65. The second kappa shape index (κ2) is 7.74. The van der Waals surface area contributed by atoms with Crippen LogP contribution in [-0.4, -0.2) is 40.9 Å². The molecule has 130 valence electrons. The van der Waals surface area contributed by atoms with E-state index in [2.05, 4.69) is 25.5 Å². The lowest BCUT2D eigenvalue weighted by atomic mass is 10.1. The maximum absolute atomic E-state index is 12.1. The molecule has 1 saturated heterocycles. The number of nitrogens with zero attached hydrogens (tertiary/aromatic N) is 3. The van der Waals surface area contributed by atoms with Gasteiger partial charge in [-0.1, -0.05) is 17.7 Å². The number of benzene rings is 1. The van der Waals surface area contributed by atoms with Crippen molar-refractivity contribution in [1.82, 2.24) is 15.3 Å². The molecule has 2 heterocycles. The molecule has 1 aromatic heterocycles. The van der Waals surface area contributed by atoms with E-state index >= 15 is 0 Å². The Morgan fingerprint density at radius 3 is 2.32 bits per heavy atom. The van der Waals surface area contributed by atoms with Crippen molar-refractivity contribution in [3.8, 4) is 0 Å². The van der Waals surface area contributed by atoms with Crippen molar-refractivity contribution >= 4 is 23.5 Å². The fraction of sp³-hybridized carbons (Fsp3) is 0.333. The average molecular weight is 339 g/mol. The number of aromatic nitrogens is 2. The highest BCUT2D eigenvalue weighted by Gasteiger charge is 2.24. The Kier molecular flexibility index (Phi) is 5.23. The summed E-state index contributed by atoms with van der Waals surface area (Å²) >= 11 is 0. The minimum atomic E-state index is -0.641. The number of amides is 2. The van der Waals surface area contributed by atoms with Crippen molar-refractivity contribution in [2.45, 2.75) is 25.8 Å². The fourth-order valence-electron chi connectivity index (χ4n) is 2.75. The molecule has 1 aliphatic heterocycles. The van der Waals surface area contributed by atoms with Crippen molar-refractivity contribution in [2.75, 3.05) is 23.3 Å². The number of carbonyl (C=O) groups excluding carboxylic acids is 2. The summed E-state index contributed by atoms with van der Waals surface area (Å²) in [5.74, 6) is -0.544. The molecule has 7 nitrogen and oxygen atoms in total. The van der Waals surface area contributed by atoms with Gasteiger partial charge in [0.25, 0.3) is 0 Å². The van der Waals surface area contributed by atoms with E-state index in [0.29, 0.717) is 11.6 Å². The van der Waals surface area contributed by atoms with Gasteiger partial charge in [0.15, 0.2) is 0 Å². The number of anilines is 2. The Morgan fingerprint density at radius 2 is 1.68 bits per heavy atom. The standard InChI is InChI=1S/C18H21N5O2/c1-13-3-5-14(6-4-13)21-16(24)17(25)22-15-7-11-23(12-8-15)18-19-9-2-10-20-18/h2-6,9-10,15H,7-8,11-12H2,1H3,(H,21,24)(H,22,25). The first-order valence-corrected chi connectivity index (χ1v) is 8.32. The van der Waals surface area contributed by atoms with Gasteiger partial charge < -0.3 is 15.5 Å². The van der Waals surface area contributed by atoms with Gasteiger partial charge in [0, 0.05) is 37.2 Å². The van der Waals surface area contributed by atoms with E-state index in [1.807, 2.05) is 19.1 Å². The molecule has 0 aliphatic carbocycles. The number of piperidine rings is 1. The molecule has 25 heavy (non-hydrogen) atoms. The summed E-state index contributed by atoms with van der Waals surface area (Å²) in [6.07, 6.45) is 4.93. The highest BCUT2D eigenvalue weighted by Crippen LogP contribution is 2.15. The Hall–Kier alpha value is -2.96. The zero-order valence-corrected chi connectivity index (χ0v) is 14.1. The molecule has 0 radical (unpaired) electrons. The lowest BCUT2D eigenvalue weighted by Gasteiger charge is -2.32. The SMILES string of the molecule is Cc1ccc(NC(=O)C(=O)NC2CCN(c3ncccn3)CC2)cc1. The molecule has 0 bridgehead atoms. The Labute approximate surface area is 146 Å². The zero-order chi connectivity index (χ0) is 17.6. The van der Waals surface area contributed by atoms with Crippen molar-refractivity contribution in [2.24, 2.45) is 0 Å². The van der Waals surface area contributed by atoms with E-state index in [4.69, 9.17) is 0 Å². The maximum Gasteiger partial charge on any atom is 0.313 e. The summed E-state index contributed by atoms with van der Waals surface area (Å²) in [6.45, 7) is 3.45. The number of nitrogens with one attached hydrogen (secondary N) is 2. The second-order valence-electron chi connectivity index (χ2n) is 6.10. The van der Waals surface area contributed by atoms with Crippen LogP contribution in [0.1, 0.15) is 18.4 Å². The molecular weight excluding hydrogens is 318 g/mol. The van der Waals surface area contributed by atoms with Crippen molar-refractivity contribution in [3.63, 3.8) is 0 Å². The van der Waals surface area contributed by atoms with Crippen LogP contribution in [0, 0.1) is 6.92 Å². The molecule has 7 heteroatoms. The van der Waals surface area contributed by atoms with Crippen LogP contribution < -0.4 is 15.5 Å². The Bertz CT molecular complexity index is 725. The highest BCUT2D eigenvalue weighted by atomic mass is 16.2. The first kappa shape index (κ1) is 16.9. The minimum absolute atomic E-state index is 0.0174. The van der Waals surface area contributed by atoms with Crippen molar-refractivity contribution in [3.05, 3.63) is 48.3 Å². The fourth-order valence-corrected chi connectivity index (χ4v) is 2.75. The van der Waals surface area contributed by atoms with Gasteiger partial charge in [0.05, 0.1) is 0 Å². The summed E-state index contributed by atoms with van der Waals surface area (Å²) in [5.41, 5.74) is 1.71. The van der Waals surface area contributed by atoms with Gasteiger partial charge in [0.2, 0.25) is 5.95 Å². The minimum Gasteiger partial charge on any atom is -0.345 e. The predicted molar refractivity (Wildman–Crippen MR) is 95.2 cm³/mol. The number of carbonyl (C=O) groups is 2. The third kappa shape index (κ3) is 4.53. The third-order valence-corrected chi connectivity index (χ3v) is 4.18. The third-order valence-electron chi connectivity index (χ3n) is 4.18. The largest absolute Gasteiger partial charge is 0.345 e. The van der Waals surface area contributed by atoms with Crippen molar-refractivity contribution in [1.29, 1.82) is 0 Å². The lowest BCUT2D eigenvalue weighted by molar-refractivity contribution is -0.136. The van der Waals surface area contributed by atoms with E-state index in [1.165, 1.54) is 0 Å². The number of aryl methyl sites for hydroxylation is 1. The normalized spacial score (nSPS) is 14.8. The smallest absolute Gasteiger partial charge is 0.313 e. The molecule has 0 saturated carbocycles. The maximum atomic E-state index is 12.1. The van der Waals surface area contributed by atoms with Gasteiger partial charge in [-0.05, 0) is 38.0 Å². The molecule has 1 aliphatic rings. The molecule has 1 aromatic carbocycles. The first-order valence-electron chi connectivity index (χ1n) is 8.32. The molecule has 2 aromatic rings. The Balaban J connectivity index is 1.47. The first-order chi connectivity index (χ1) is 12.1.